The van der Waals surface area contributed by atoms with Crippen LogP contribution in [-0.2, 0) is 0 Å². The van der Waals surface area contributed by atoms with E-state index in [1.54, 1.807) is 12.4 Å². The highest BCUT2D eigenvalue weighted by molar-refractivity contribution is 5.90. The number of amides is 2. The second kappa shape index (κ2) is 4.93. The van der Waals surface area contributed by atoms with Gasteiger partial charge in [0.25, 0.3) is 0 Å². The first kappa shape index (κ1) is 10.9. The predicted octanol–water partition coefficient (Wildman–Crippen LogP) is 1.08. The molecule has 6 nitrogen and oxygen atoms in total. The molecule has 4 N–H and O–H groups in total. The van der Waals surface area contributed by atoms with Crippen molar-refractivity contribution in [1.29, 1.82) is 0 Å². The van der Waals surface area contributed by atoms with Crippen LogP contribution in [0, 0.1) is 0 Å². The number of H-pyrrole nitrogens is 1. The first-order valence-electron chi connectivity index (χ1n) is 4.94. The number of carbonyl (C=O) groups excluding carboxylic acids is 1. The number of nitrogens with two attached hydrogens (primary N) is 1. The summed E-state index contributed by atoms with van der Waals surface area (Å²) in [5.74, 6) is 0. The molecular weight excluding hydrogens is 218 g/mol. The Morgan fingerprint density at radius 2 is 2.29 bits per heavy atom. The van der Waals surface area contributed by atoms with Crippen LogP contribution in [0.25, 0.3) is 11.1 Å². The molecule has 2 rings (SSSR count). The third kappa shape index (κ3) is 2.69. The standard InChI is InChI=1S/C11H11N5O/c12-11(17)16-15-5-8-3-1-2-4-10(8)9-6-13-14-7-9/h1-7H,(H,13,14)(H3,12,16,17). The summed E-state index contributed by atoms with van der Waals surface area (Å²) in [5, 5.41) is 10.4. The summed E-state index contributed by atoms with van der Waals surface area (Å²) in [5.41, 5.74) is 9.84. The van der Waals surface area contributed by atoms with Gasteiger partial charge in [0.15, 0.2) is 0 Å². The maximum absolute atomic E-state index is 10.5. The number of rotatable bonds is 3. The van der Waals surface area contributed by atoms with Crippen LogP contribution in [0.2, 0.25) is 0 Å². The Morgan fingerprint density at radius 3 is 3.00 bits per heavy atom. The molecule has 0 radical (unpaired) electrons. The molecule has 0 aliphatic carbocycles. The van der Waals surface area contributed by atoms with E-state index in [4.69, 9.17) is 5.73 Å². The molecule has 0 unspecified atom stereocenters. The maximum Gasteiger partial charge on any atom is 0.332 e. The van der Waals surface area contributed by atoms with Crippen molar-refractivity contribution in [3.63, 3.8) is 0 Å². The first-order chi connectivity index (χ1) is 8.27. The van der Waals surface area contributed by atoms with Crippen molar-refractivity contribution >= 4 is 12.2 Å². The van der Waals surface area contributed by atoms with E-state index in [1.165, 1.54) is 6.21 Å². The molecule has 2 aromatic rings. The number of hydrogen-bond acceptors (Lipinski definition) is 3. The Morgan fingerprint density at radius 1 is 1.47 bits per heavy atom. The van der Waals surface area contributed by atoms with Gasteiger partial charge in [0.05, 0.1) is 12.4 Å². The van der Waals surface area contributed by atoms with Crippen LogP contribution in [0.15, 0.2) is 41.8 Å². The van der Waals surface area contributed by atoms with Crippen molar-refractivity contribution in [3.05, 3.63) is 42.2 Å². The minimum atomic E-state index is -0.693. The van der Waals surface area contributed by atoms with Gasteiger partial charge in [0, 0.05) is 17.3 Å². The second-order valence-corrected chi connectivity index (χ2v) is 3.31. The van der Waals surface area contributed by atoms with Crippen molar-refractivity contribution in [2.75, 3.05) is 0 Å². The van der Waals surface area contributed by atoms with Crippen LogP contribution >= 0.6 is 0 Å². The number of hydrazone groups is 1. The lowest BCUT2D eigenvalue weighted by Gasteiger charge is -2.01. The molecule has 86 valence electrons. The molecule has 0 atom stereocenters. The van der Waals surface area contributed by atoms with E-state index in [9.17, 15) is 4.79 Å². The predicted molar refractivity (Wildman–Crippen MR) is 64.3 cm³/mol. The molecule has 0 aliphatic heterocycles. The zero-order chi connectivity index (χ0) is 12.1. The molecule has 6 heteroatoms. The molecule has 0 fully saturated rings. The highest BCUT2D eigenvalue weighted by atomic mass is 16.2. The summed E-state index contributed by atoms with van der Waals surface area (Å²) >= 11 is 0. The van der Waals surface area contributed by atoms with E-state index < -0.39 is 6.03 Å². The van der Waals surface area contributed by atoms with Gasteiger partial charge in [0.2, 0.25) is 0 Å². The van der Waals surface area contributed by atoms with Crippen molar-refractivity contribution in [2.45, 2.75) is 0 Å². The lowest BCUT2D eigenvalue weighted by Crippen LogP contribution is -2.24. The SMILES string of the molecule is NC(=O)NN=Cc1ccccc1-c1cn[nH]c1. The molecule has 0 bridgehead atoms. The molecule has 1 aromatic heterocycles. The van der Waals surface area contributed by atoms with Crippen LogP contribution in [-0.4, -0.2) is 22.4 Å². The van der Waals surface area contributed by atoms with Crippen LogP contribution < -0.4 is 11.2 Å². The number of primary amides is 1. The van der Waals surface area contributed by atoms with E-state index in [2.05, 4.69) is 20.7 Å². The molecule has 0 spiro atoms. The second-order valence-electron chi connectivity index (χ2n) is 3.31. The van der Waals surface area contributed by atoms with Crippen molar-refractivity contribution < 1.29 is 4.79 Å². The van der Waals surface area contributed by atoms with Gasteiger partial charge in [-0.15, -0.1) is 0 Å². The van der Waals surface area contributed by atoms with E-state index in [0.29, 0.717) is 0 Å². The first-order valence-corrected chi connectivity index (χ1v) is 4.94. The van der Waals surface area contributed by atoms with E-state index in [1.807, 2.05) is 24.3 Å². The van der Waals surface area contributed by atoms with Gasteiger partial charge in [-0.1, -0.05) is 24.3 Å². The van der Waals surface area contributed by atoms with E-state index >= 15 is 0 Å². The zero-order valence-corrected chi connectivity index (χ0v) is 8.92. The number of hydrogen-bond donors (Lipinski definition) is 3. The summed E-state index contributed by atoms with van der Waals surface area (Å²) in [4.78, 5) is 10.5. The summed E-state index contributed by atoms with van der Waals surface area (Å²) in [6.07, 6.45) is 5.04. The quantitative estimate of drug-likeness (QED) is 0.542. The third-order valence-corrected chi connectivity index (χ3v) is 2.15. The van der Waals surface area contributed by atoms with Gasteiger partial charge < -0.3 is 5.73 Å². The lowest BCUT2D eigenvalue weighted by molar-refractivity contribution is 0.249. The third-order valence-electron chi connectivity index (χ3n) is 2.15. The fourth-order valence-corrected chi connectivity index (χ4v) is 1.44. The number of aromatic nitrogens is 2. The van der Waals surface area contributed by atoms with E-state index in [-0.39, 0.29) is 0 Å². The fourth-order valence-electron chi connectivity index (χ4n) is 1.44. The van der Waals surface area contributed by atoms with Crippen molar-refractivity contribution in [2.24, 2.45) is 10.8 Å². The lowest BCUT2D eigenvalue weighted by atomic mass is 10.0. The number of nitrogens with zero attached hydrogens (tertiary/aromatic N) is 2. The minimum absolute atomic E-state index is 0.693. The van der Waals surface area contributed by atoms with Crippen LogP contribution in [0.5, 0.6) is 0 Å². The summed E-state index contributed by atoms with van der Waals surface area (Å²) in [7, 11) is 0. The van der Waals surface area contributed by atoms with Gasteiger partial charge in [0.1, 0.15) is 0 Å². The molecule has 1 heterocycles. The number of carbonyl (C=O) groups is 1. The largest absolute Gasteiger partial charge is 0.350 e. The van der Waals surface area contributed by atoms with Gasteiger partial charge in [-0.2, -0.15) is 10.2 Å². The van der Waals surface area contributed by atoms with Crippen LogP contribution in [0.3, 0.4) is 0 Å². The molecule has 0 aliphatic rings. The van der Waals surface area contributed by atoms with Crippen molar-refractivity contribution in [3.8, 4) is 11.1 Å². The number of nitrogens with one attached hydrogen (secondary N) is 2. The Bertz CT molecular complexity index is 533. The fraction of sp³-hybridized carbons (Fsp3) is 0. The highest BCUT2D eigenvalue weighted by Gasteiger charge is 2.03. The topological polar surface area (TPSA) is 96.2 Å². The number of benzene rings is 1. The summed E-state index contributed by atoms with van der Waals surface area (Å²) in [6.45, 7) is 0. The monoisotopic (exact) mass is 229 g/mol. The maximum atomic E-state index is 10.5. The Labute approximate surface area is 97.5 Å². The summed E-state index contributed by atoms with van der Waals surface area (Å²) in [6, 6.07) is 6.93. The molecule has 0 saturated heterocycles. The molecule has 17 heavy (non-hydrogen) atoms. The van der Waals surface area contributed by atoms with Gasteiger partial charge in [-0.3, -0.25) is 5.10 Å². The van der Waals surface area contributed by atoms with Crippen molar-refractivity contribution in [1.82, 2.24) is 15.6 Å². The Kier molecular flexibility index (Phi) is 3.15. The van der Waals surface area contributed by atoms with E-state index in [0.717, 1.165) is 16.7 Å². The van der Waals surface area contributed by atoms with Gasteiger partial charge in [-0.05, 0) is 5.56 Å². The Hall–Kier alpha value is -2.63. The van der Waals surface area contributed by atoms with Gasteiger partial charge in [-0.25, -0.2) is 10.2 Å². The molecule has 0 saturated carbocycles. The van der Waals surface area contributed by atoms with Crippen LogP contribution in [0.4, 0.5) is 4.79 Å². The molecular formula is C11H11N5O. The average molecular weight is 229 g/mol. The number of aromatic amines is 1. The normalized spacial score (nSPS) is 10.6. The number of urea groups is 1. The minimum Gasteiger partial charge on any atom is -0.350 e. The summed E-state index contributed by atoms with van der Waals surface area (Å²) < 4.78 is 0. The van der Waals surface area contributed by atoms with Crippen LogP contribution in [0.1, 0.15) is 5.56 Å². The van der Waals surface area contributed by atoms with Gasteiger partial charge >= 0.3 is 6.03 Å². The Balaban J connectivity index is 2.28. The highest BCUT2D eigenvalue weighted by Crippen LogP contribution is 2.20. The molecule has 2 amide bonds. The zero-order valence-electron chi connectivity index (χ0n) is 8.92. The average Bonchev–Trinajstić information content (AvgIpc) is 2.82. The smallest absolute Gasteiger partial charge is 0.332 e. The molecule has 1 aromatic carbocycles.